The van der Waals surface area contributed by atoms with Gasteiger partial charge in [-0.3, -0.25) is 4.98 Å². The number of carbonyl (C=O) groups is 1. The van der Waals surface area contributed by atoms with Crippen LogP contribution in [0.2, 0.25) is 16.6 Å². The molecule has 240 valence electrons. The van der Waals surface area contributed by atoms with Crippen LogP contribution in [0.25, 0.3) is 32.9 Å². The van der Waals surface area contributed by atoms with Crippen molar-refractivity contribution < 1.29 is 18.7 Å². The van der Waals surface area contributed by atoms with Crippen LogP contribution in [-0.2, 0) is 0 Å². The molecule has 1 N–H and O–H groups in total. The van der Waals surface area contributed by atoms with Crippen molar-refractivity contribution in [2.75, 3.05) is 11.4 Å². The monoisotopic (exact) mass is 640 g/mol. The van der Waals surface area contributed by atoms with Crippen LogP contribution in [0.3, 0.4) is 0 Å². The first-order valence-corrected chi connectivity index (χ1v) is 18.5. The van der Waals surface area contributed by atoms with E-state index in [1.54, 1.807) is 18.3 Å². The largest absolute Gasteiger partial charge is 0.465 e. The summed E-state index contributed by atoms with van der Waals surface area (Å²) in [4.78, 5) is 24.8. The van der Waals surface area contributed by atoms with Gasteiger partial charge in [0.15, 0.2) is 5.82 Å². The normalized spacial score (nSPS) is 19.6. The number of hydrogen-bond acceptors (Lipinski definition) is 4. The Balaban J connectivity index is 1.52. The third-order valence-electron chi connectivity index (χ3n) is 10.7. The molecule has 0 aliphatic carbocycles. The number of rotatable bonds is 5. The molecule has 3 atom stereocenters. The molecule has 0 bridgehead atoms. The van der Waals surface area contributed by atoms with Gasteiger partial charge in [-0.15, -0.1) is 5.54 Å². The number of aryl methyl sites for hydroxylation is 1. The summed E-state index contributed by atoms with van der Waals surface area (Å²) in [5.74, 6) is 2.31. The van der Waals surface area contributed by atoms with Crippen LogP contribution in [0, 0.1) is 30.0 Å². The maximum absolute atomic E-state index is 16.7. The molecule has 0 saturated carbocycles. The minimum atomic E-state index is -2.18. The van der Waals surface area contributed by atoms with Crippen LogP contribution in [-0.4, -0.2) is 58.8 Å². The molecule has 2 aliphatic rings. The molecule has 1 amide bonds. The number of halogens is 2. The van der Waals surface area contributed by atoms with Gasteiger partial charge in [0.1, 0.15) is 25.1 Å². The second-order valence-electron chi connectivity index (χ2n) is 13.9. The maximum Gasteiger partial charge on any atom is 0.407 e. The average molecular weight is 641 g/mol. The lowest BCUT2D eigenvalue weighted by atomic mass is 9.87. The van der Waals surface area contributed by atoms with Crippen LogP contribution in [0.15, 0.2) is 42.6 Å². The highest BCUT2D eigenvalue weighted by atomic mass is 28.3. The third-order valence-corrected chi connectivity index (χ3v) is 16.9. The fourth-order valence-electron chi connectivity index (χ4n) is 8.61. The molecule has 6 nitrogen and oxygen atoms in total. The Kier molecular flexibility index (Phi) is 8.08. The fraction of sp³-hybridized carbons (Fsp3) is 0.432. The molecular weight excluding hydrogens is 599 g/mol. The van der Waals surface area contributed by atoms with E-state index in [0.29, 0.717) is 51.6 Å². The molecule has 2 aliphatic heterocycles. The molecule has 0 radical (unpaired) electrons. The third kappa shape index (κ3) is 4.76. The van der Waals surface area contributed by atoms with E-state index in [1.807, 2.05) is 32.0 Å². The summed E-state index contributed by atoms with van der Waals surface area (Å²) in [6.45, 7) is 17.6. The molecule has 3 unspecified atom stereocenters. The minimum absolute atomic E-state index is 0.0131. The Morgan fingerprint density at radius 1 is 1.07 bits per heavy atom. The molecule has 4 heterocycles. The Morgan fingerprint density at radius 2 is 1.76 bits per heavy atom. The topological polar surface area (TPSA) is 69.6 Å². The molecule has 0 spiro atoms. The Bertz CT molecular complexity index is 1910. The van der Waals surface area contributed by atoms with Crippen LogP contribution in [0.5, 0.6) is 0 Å². The van der Waals surface area contributed by atoms with E-state index in [0.717, 1.165) is 11.1 Å². The first-order valence-electron chi connectivity index (χ1n) is 16.3. The smallest absolute Gasteiger partial charge is 0.407 e. The summed E-state index contributed by atoms with van der Waals surface area (Å²) < 4.78 is 32.5. The number of carboxylic acid groups (broad SMARTS) is 1. The second kappa shape index (κ2) is 11.6. The first kappa shape index (κ1) is 31.9. The van der Waals surface area contributed by atoms with Crippen LogP contribution in [0.1, 0.15) is 66.1 Å². The van der Waals surface area contributed by atoms with E-state index in [-0.39, 0.29) is 34.9 Å². The molecule has 4 aromatic rings. The van der Waals surface area contributed by atoms with Crippen molar-refractivity contribution in [3.05, 3.63) is 65.5 Å². The first-order chi connectivity index (χ1) is 21.8. The number of hydrogen-bond donors (Lipinski definition) is 1. The molecule has 2 aromatic carbocycles. The van der Waals surface area contributed by atoms with Crippen molar-refractivity contribution in [2.45, 2.75) is 96.6 Å². The zero-order chi connectivity index (χ0) is 33.2. The van der Waals surface area contributed by atoms with Crippen molar-refractivity contribution in [1.82, 2.24) is 14.9 Å². The predicted molar refractivity (Wildman–Crippen MR) is 184 cm³/mol. The summed E-state index contributed by atoms with van der Waals surface area (Å²) in [5.41, 5.74) is 7.27. The highest BCUT2D eigenvalue weighted by Gasteiger charge is 2.54. The van der Waals surface area contributed by atoms with Gasteiger partial charge in [0.2, 0.25) is 0 Å². The molecule has 2 fully saturated rings. The van der Waals surface area contributed by atoms with Crippen molar-refractivity contribution in [2.24, 2.45) is 0 Å². The van der Waals surface area contributed by atoms with Crippen molar-refractivity contribution in [3.8, 4) is 22.7 Å². The van der Waals surface area contributed by atoms with E-state index in [2.05, 4.69) is 67.9 Å². The lowest BCUT2D eigenvalue weighted by molar-refractivity contribution is 0.115. The highest BCUT2D eigenvalue weighted by Crippen LogP contribution is 2.45. The Hall–Kier alpha value is -4.03. The Morgan fingerprint density at radius 3 is 2.41 bits per heavy atom. The summed E-state index contributed by atoms with van der Waals surface area (Å²) in [6.07, 6.45) is 1.45. The molecular formula is C37H42F2N4O2Si. The number of likely N-dealkylation sites (tertiary alicyclic amines) is 1. The quantitative estimate of drug-likeness (QED) is 0.174. The van der Waals surface area contributed by atoms with E-state index < -0.39 is 25.8 Å². The van der Waals surface area contributed by atoms with Crippen LogP contribution in [0.4, 0.5) is 19.3 Å². The van der Waals surface area contributed by atoms with Gasteiger partial charge in [0, 0.05) is 40.8 Å². The van der Waals surface area contributed by atoms with E-state index >= 15 is 8.78 Å². The van der Waals surface area contributed by atoms with Gasteiger partial charge >= 0.3 is 6.09 Å². The number of nitrogens with zero attached hydrogens (tertiary/aromatic N) is 4. The van der Waals surface area contributed by atoms with Gasteiger partial charge in [0.05, 0.1) is 23.3 Å². The van der Waals surface area contributed by atoms with Crippen molar-refractivity contribution in [1.29, 1.82) is 0 Å². The zero-order valence-electron chi connectivity index (χ0n) is 27.8. The summed E-state index contributed by atoms with van der Waals surface area (Å²) in [5, 5.41) is 11.5. The summed E-state index contributed by atoms with van der Waals surface area (Å²) in [6, 6.07) is 10.4. The number of aromatic nitrogens is 2. The molecule has 9 heteroatoms. The maximum atomic E-state index is 16.7. The van der Waals surface area contributed by atoms with Gasteiger partial charge in [-0.2, -0.15) is 0 Å². The van der Waals surface area contributed by atoms with Gasteiger partial charge in [-0.25, -0.2) is 18.6 Å². The van der Waals surface area contributed by atoms with Crippen molar-refractivity contribution >= 4 is 41.5 Å². The minimum Gasteiger partial charge on any atom is -0.465 e. The molecule has 2 aromatic heterocycles. The van der Waals surface area contributed by atoms with Gasteiger partial charge in [-0.05, 0) is 54.4 Å². The van der Waals surface area contributed by atoms with E-state index in [4.69, 9.17) is 0 Å². The molecule has 2 saturated heterocycles. The average Bonchev–Trinajstić information content (AvgIpc) is 3.38. The van der Waals surface area contributed by atoms with E-state index in [9.17, 15) is 9.90 Å². The SMILES string of the molecule is Cc1cc(N2C(C)C3C2CCN3C(=O)O)c2cnc(-c3cccc4ccc(F)c(C#C[Si](C(C)C)(C(C)C)C(C)C)c34)c(F)c2n1. The standard InChI is InChI=1S/C37H42F2N4O2Si/c1-20(2)46(21(3)4,22(5)6)17-15-26-29(38)13-12-25-10-9-11-27(32(25)26)34-33(39)35-28(19-40-34)31(18-23(7)41-35)43-24(8)36-30(43)14-16-42(36)37(44)45/h9-13,18-22,24,30,36H,14,16H2,1-8H3,(H,44,45). The lowest BCUT2D eigenvalue weighted by Crippen LogP contribution is -2.69. The Labute approximate surface area is 270 Å². The van der Waals surface area contributed by atoms with Gasteiger partial charge < -0.3 is 14.9 Å². The number of fused-ring (bicyclic) bond motifs is 3. The summed E-state index contributed by atoms with van der Waals surface area (Å²) in [7, 11) is -2.18. The number of benzene rings is 2. The molecule has 6 rings (SSSR count). The zero-order valence-corrected chi connectivity index (χ0v) is 28.8. The fourth-order valence-corrected chi connectivity index (χ4v) is 13.8. The van der Waals surface area contributed by atoms with Gasteiger partial charge in [0.25, 0.3) is 0 Å². The van der Waals surface area contributed by atoms with E-state index in [1.165, 1.54) is 11.0 Å². The summed E-state index contributed by atoms with van der Waals surface area (Å²) >= 11 is 0. The van der Waals surface area contributed by atoms with Gasteiger partial charge in [-0.1, -0.05) is 71.7 Å². The number of anilines is 1. The number of amides is 1. The van der Waals surface area contributed by atoms with Crippen LogP contribution < -0.4 is 4.90 Å². The molecule has 46 heavy (non-hydrogen) atoms. The lowest BCUT2D eigenvalue weighted by Gasteiger charge is -2.54. The highest BCUT2D eigenvalue weighted by molar-refractivity contribution is 6.90. The second-order valence-corrected chi connectivity index (χ2v) is 19.5. The van der Waals surface area contributed by atoms with Crippen molar-refractivity contribution in [3.63, 3.8) is 0 Å². The van der Waals surface area contributed by atoms with Crippen LogP contribution >= 0.6 is 0 Å². The predicted octanol–water partition coefficient (Wildman–Crippen LogP) is 8.94. The number of pyridine rings is 2.